The molecule has 0 atom stereocenters. The zero-order valence-corrected chi connectivity index (χ0v) is 13.3. The number of benzene rings is 1. The summed E-state index contributed by atoms with van der Waals surface area (Å²) in [5.74, 6) is -0.438. The van der Waals surface area contributed by atoms with Gasteiger partial charge in [-0.25, -0.2) is 9.59 Å². The largest absolute Gasteiger partial charge is 0.465 e. The highest BCUT2D eigenvalue weighted by Crippen LogP contribution is 2.10. The van der Waals surface area contributed by atoms with E-state index >= 15 is 0 Å². The van der Waals surface area contributed by atoms with Crippen LogP contribution in [-0.2, 0) is 16.1 Å². The van der Waals surface area contributed by atoms with Crippen molar-refractivity contribution in [2.24, 2.45) is 0 Å². The number of hydrogen-bond acceptors (Lipinski definition) is 5. The smallest absolute Gasteiger partial charge is 0.407 e. The Labute approximate surface area is 140 Å². The first-order valence-electron chi connectivity index (χ1n) is 7.34. The SMILES string of the molecule is COC(=O)c1ccncc1C=CCNC(=O)OCc1ccccc1. The molecule has 1 amide bonds. The molecular formula is C18H18N2O4. The van der Waals surface area contributed by atoms with Crippen LogP contribution < -0.4 is 5.32 Å². The Morgan fingerprint density at radius 1 is 1.21 bits per heavy atom. The second-order valence-electron chi connectivity index (χ2n) is 4.80. The van der Waals surface area contributed by atoms with Crippen LogP contribution in [0.1, 0.15) is 21.5 Å². The third-order valence-corrected chi connectivity index (χ3v) is 3.13. The van der Waals surface area contributed by atoms with Crippen molar-refractivity contribution in [3.8, 4) is 0 Å². The van der Waals surface area contributed by atoms with Gasteiger partial charge in [-0.15, -0.1) is 0 Å². The summed E-state index contributed by atoms with van der Waals surface area (Å²) in [5.41, 5.74) is 1.94. The van der Waals surface area contributed by atoms with Crippen LogP contribution >= 0.6 is 0 Å². The Morgan fingerprint density at radius 3 is 2.75 bits per heavy atom. The Kier molecular flexibility index (Phi) is 6.52. The van der Waals surface area contributed by atoms with Crippen LogP contribution in [-0.4, -0.2) is 30.7 Å². The number of ether oxygens (including phenoxy) is 2. The fraction of sp³-hybridized carbons (Fsp3) is 0.167. The summed E-state index contributed by atoms with van der Waals surface area (Å²) < 4.78 is 9.79. The molecule has 0 radical (unpaired) electrons. The Bertz CT molecular complexity index is 714. The summed E-state index contributed by atoms with van der Waals surface area (Å²) >= 11 is 0. The fourth-order valence-corrected chi connectivity index (χ4v) is 1.94. The van der Waals surface area contributed by atoms with Crippen LogP contribution in [0.4, 0.5) is 4.79 Å². The van der Waals surface area contributed by atoms with Gasteiger partial charge in [-0.1, -0.05) is 42.5 Å². The molecule has 0 bridgehead atoms. The maximum Gasteiger partial charge on any atom is 0.407 e. The lowest BCUT2D eigenvalue weighted by atomic mass is 10.1. The summed E-state index contributed by atoms with van der Waals surface area (Å²) in [7, 11) is 1.32. The quantitative estimate of drug-likeness (QED) is 0.826. The van der Waals surface area contributed by atoms with E-state index in [4.69, 9.17) is 9.47 Å². The number of aromatic nitrogens is 1. The lowest BCUT2D eigenvalue weighted by molar-refractivity contribution is 0.0600. The topological polar surface area (TPSA) is 77.5 Å². The van der Waals surface area contributed by atoms with E-state index in [9.17, 15) is 9.59 Å². The second-order valence-corrected chi connectivity index (χ2v) is 4.80. The average molecular weight is 326 g/mol. The third-order valence-electron chi connectivity index (χ3n) is 3.13. The highest BCUT2D eigenvalue weighted by Gasteiger charge is 2.09. The zero-order valence-electron chi connectivity index (χ0n) is 13.3. The van der Waals surface area contributed by atoms with Crippen LogP contribution in [0.25, 0.3) is 6.08 Å². The maximum absolute atomic E-state index is 11.6. The molecule has 0 saturated heterocycles. The molecule has 0 aliphatic heterocycles. The monoisotopic (exact) mass is 326 g/mol. The number of methoxy groups -OCH3 is 1. The van der Waals surface area contributed by atoms with Crippen LogP contribution in [0.2, 0.25) is 0 Å². The van der Waals surface area contributed by atoms with E-state index < -0.39 is 12.1 Å². The van der Waals surface area contributed by atoms with E-state index in [1.807, 2.05) is 30.3 Å². The van der Waals surface area contributed by atoms with E-state index in [2.05, 4.69) is 10.3 Å². The van der Waals surface area contributed by atoms with Crippen LogP contribution in [0.5, 0.6) is 0 Å². The molecule has 24 heavy (non-hydrogen) atoms. The summed E-state index contributed by atoms with van der Waals surface area (Å²) in [4.78, 5) is 27.2. The fourth-order valence-electron chi connectivity index (χ4n) is 1.94. The first kappa shape index (κ1) is 17.2. The summed E-state index contributed by atoms with van der Waals surface area (Å²) in [6.45, 7) is 0.481. The van der Waals surface area contributed by atoms with Gasteiger partial charge in [-0.05, 0) is 11.6 Å². The van der Waals surface area contributed by atoms with Crippen molar-refractivity contribution < 1.29 is 19.1 Å². The van der Waals surface area contributed by atoms with Crippen molar-refractivity contribution >= 4 is 18.1 Å². The van der Waals surface area contributed by atoms with Gasteiger partial charge in [0.1, 0.15) is 6.61 Å². The lowest BCUT2D eigenvalue weighted by Crippen LogP contribution is -2.24. The van der Waals surface area contributed by atoms with Crippen molar-refractivity contribution in [1.29, 1.82) is 0 Å². The number of carbonyl (C=O) groups is 2. The van der Waals surface area contributed by atoms with E-state index in [0.29, 0.717) is 11.1 Å². The molecular weight excluding hydrogens is 308 g/mol. The Balaban J connectivity index is 1.80. The molecule has 1 aromatic heterocycles. The van der Waals surface area contributed by atoms with Crippen LogP contribution in [0, 0.1) is 0 Å². The highest BCUT2D eigenvalue weighted by molar-refractivity contribution is 5.93. The van der Waals surface area contributed by atoms with Gasteiger partial charge in [0.05, 0.1) is 12.7 Å². The first-order chi connectivity index (χ1) is 11.7. The highest BCUT2D eigenvalue weighted by atomic mass is 16.5. The molecule has 0 unspecified atom stereocenters. The van der Waals surface area contributed by atoms with Crippen molar-refractivity contribution in [2.45, 2.75) is 6.61 Å². The molecule has 0 aliphatic carbocycles. The molecule has 1 heterocycles. The van der Waals surface area contributed by atoms with Crippen LogP contribution in [0.15, 0.2) is 54.9 Å². The van der Waals surface area contributed by atoms with E-state index in [1.165, 1.54) is 13.3 Å². The molecule has 124 valence electrons. The molecule has 6 heteroatoms. The predicted octanol–water partition coefficient (Wildman–Crippen LogP) is 2.81. The second kappa shape index (κ2) is 9.09. The molecule has 2 aromatic rings. The van der Waals surface area contributed by atoms with Gasteiger partial charge in [0, 0.05) is 24.5 Å². The Hall–Kier alpha value is -3.15. The van der Waals surface area contributed by atoms with Crippen molar-refractivity contribution in [1.82, 2.24) is 10.3 Å². The molecule has 0 saturated carbocycles. The lowest BCUT2D eigenvalue weighted by Gasteiger charge is -2.05. The number of amides is 1. The van der Waals surface area contributed by atoms with E-state index in [0.717, 1.165) is 5.56 Å². The Morgan fingerprint density at radius 2 is 2.00 bits per heavy atom. The summed E-state index contributed by atoms with van der Waals surface area (Å²) in [6, 6.07) is 11.0. The normalized spacial score (nSPS) is 10.4. The van der Waals surface area contributed by atoms with E-state index in [-0.39, 0.29) is 13.2 Å². The van der Waals surface area contributed by atoms with Crippen molar-refractivity contribution in [2.75, 3.05) is 13.7 Å². The van der Waals surface area contributed by atoms with Gasteiger partial charge in [-0.2, -0.15) is 0 Å². The minimum absolute atomic E-state index is 0.214. The maximum atomic E-state index is 11.6. The third kappa shape index (κ3) is 5.24. The number of pyridine rings is 1. The van der Waals surface area contributed by atoms with Gasteiger partial charge < -0.3 is 14.8 Å². The molecule has 1 aromatic carbocycles. The van der Waals surface area contributed by atoms with Gasteiger partial charge >= 0.3 is 12.1 Å². The van der Waals surface area contributed by atoms with Crippen molar-refractivity contribution in [3.05, 3.63) is 71.6 Å². The summed E-state index contributed by atoms with van der Waals surface area (Å²) in [5, 5.41) is 2.60. The minimum Gasteiger partial charge on any atom is -0.465 e. The molecule has 0 fully saturated rings. The summed E-state index contributed by atoms with van der Waals surface area (Å²) in [6.07, 6.45) is 5.95. The molecule has 0 spiro atoms. The number of alkyl carbamates (subject to hydrolysis) is 1. The number of nitrogens with zero attached hydrogens (tertiary/aromatic N) is 1. The number of carbonyl (C=O) groups excluding carboxylic acids is 2. The average Bonchev–Trinajstić information content (AvgIpc) is 2.64. The van der Waals surface area contributed by atoms with Gasteiger partial charge in [0.25, 0.3) is 0 Å². The number of rotatable bonds is 6. The zero-order chi connectivity index (χ0) is 17.2. The van der Waals surface area contributed by atoms with Gasteiger partial charge in [0.2, 0.25) is 0 Å². The molecule has 2 rings (SSSR count). The van der Waals surface area contributed by atoms with Gasteiger partial charge in [0.15, 0.2) is 0 Å². The van der Waals surface area contributed by atoms with Crippen LogP contribution in [0.3, 0.4) is 0 Å². The van der Waals surface area contributed by atoms with Crippen molar-refractivity contribution in [3.63, 3.8) is 0 Å². The first-order valence-corrected chi connectivity index (χ1v) is 7.34. The molecule has 6 nitrogen and oxygen atoms in total. The standard InChI is InChI=1S/C18H18N2O4/c1-23-17(21)16-9-11-19-12-15(16)8-5-10-20-18(22)24-13-14-6-3-2-4-7-14/h2-9,11-12H,10,13H2,1H3,(H,20,22). The minimum atomic E-state index is -0.511. The van der Waals surface area contributed by atoms with E-state index in [1.54, 1.807) is 24.4 Å². The predicted molar refractivity (Wildman–Crippen MR) is 89.2 cm³/mol. The number of nitrogens with one attached hydrogen (secondary N) is 1. The number of hydrogen-bond donors (Lipinski definition) is 1. The molecule has 1 N–H and O–H groups in total. The van der Waals surface area contributed by atoms with Gasteiger partial charge in [-0.3, -0.25) is 4.98 Å². The molecule has 0 aliphatic rings. The number of esters is 1.